The van der Waals surface area contributed by atoms with E-state index in [1.807, 2.05) is 6.08 Å². The highest BCUT2D eigenvalue weighted by Gasteiger charge is 2.47. The molecule has 1 heterocycles. The van der Waals surface area contributed by atoms with E-state index in [2.05, 4.69) is 10.6 Å². The smallest absolute Gasteiger partial charge is 0.220 e. The minimum Gasteiger partial charge on any atom is -0.468 e. The Labute approximate surface area is 218 Å². The lowest BCUT2D eigenvalue weighted by Crippen LogP contribution is -2.66. The van der Waals surface area contributed by atoms with Gasteiger partial charge in [0.05, 0.1) is 32.4 Å². The molecule has 0 unspecified atom stereocenters. The molecule has 0 aromatic heterocycles. The first-order chi connectivity index (χ1) is 17.8. The molecule has 13 heteroatoms. The molecule has 8 atom stereocenters. The van der Waals surface area contributed by atoms with Gasteiger partial charge in [-0.25, -0.2) is 0 Å². The quantitative estimate of drug-likeness (QED) is 0.0737. The number of hydrogen-bond donors (Lipinski definition) is 8. The van der Waals surface area contributed by atoms with Crippen molar-refractivity contribution in [2.24, 2.45) is 11.5 Å². The number of hydrogen-bond acceptors (Lipinski definition) is 12. The number of rotatable bonds is 17. The van der Waals surface area contributed by atoms with Gasteiger partial charge in [0.25, 0.3) is 0 Å². The van der Waals surface area contributed by atoms with E-state index < -0.39 is 49.1 Å². The Morgan fingerprint density at radius 3 is 2.76 bits per heavy atom. The van der Waals surface area contributed by atoms with Crippen LogP contribution in [0.5, 0.6) is 0 Å². The van der Waals surface area contributed by atoms with Gasteiger partial charge in [-0.3, -0.25) is 4.79 Å². The van der Waals surface area contributed by atoms with E-state index in [1.165, 1.54) is 0 Å². The van der Waals surface area contributed by atoms with E-state index in [9.17, 15) is 20.1 Å². The molecule has 1 saturated carbocycles. The number of carbonyl (C=O) groups excluding carboxylic acids is 1. The Morgan fingerprint density at radius 1 is 1.30 bits per heavy atom. The molecule has 13 nitrogen and oxygen atoms in total. The third kappa shape index (κ3) is 10.4. The van der Waals surface area contributed by atoms with Crippen molar-refractivity contribution in [1.29, 1.82) is 0 Å². The molecule has 10 N–H and O–H groups in total. The number of amides is 1. The van der Waals surface area contributed by atoms with Gasteiger partial charge in [-0.1, -0.05) is 6.92 Å². The van der Waals surface area contributed by atoms with Crippen molar-refractivity contribution in [1.82, 2.24) is 10.6 Å². The molecule has 1 aliphatic heterocycles. The lowest BCUT2D eigenvalue weighted by molar-refractivity contribution is -0.269. The van der Waals surface area contributed by atoms with Crippen molar-refractivity contribution in [2.45, 2.75) is 94.5 Å². The maximum Gasteiger partial charge on any atom is 0.220 e. The average molecular weight is 535 g/mol. The number of nitrogens with one attached hydrogen (secondary N) is 2. The summed E-state index contributed by atoms with van der Waals surface area (Å²) in [5.41, 5.74) is 11.9. The standard InChI is InChI=1S/C24H46N4O9/c1-2-18(31)24(34-12-11-30)37-23-17(28-19(32)6-4-8-25)13-16(26)22(21(23)33)36-20-7-3-5-15(35-20)14-27-9-10-29/h5,16-18,20-24,27,29-31,33H,2-4,6-14,25-26H2,1H3,(H,28,32)/t16-,17+,18+,20+,21-,22+,23-,24+/m0/s1. The maximum absolute atomic E-state index is 12.5. The topological polar surface area (TPSA) is 211 Å². The summed E-state index contributed by atoms with van der Waals surface area (Å²) >= 11 is 0. The molecule has 2 rings (SSSR count). The van der Waals surface area contributed by atoms with Crippen molar-refractivity contribution in [3.8, 4) is 0 Å². The highest BCUT2D eigenvalue weighted by Crippen LogP contribution is 2.30. The van der Waals surface area contributed by atoms with Crippen LogP contribution >= 0.6 is 0 Å². The molecular formula is C24H46N4O9. The number of aliphatic hydroxyl groups is 4. The first-order valence-corrected chi connectivity index (χ1v) is 13.2. The average Bonchev–Trinajstić information content (AvgIpc) is 2.89. The summed E-state index contributed by atoms with van der Waals surface area (Å²) in [7, 11) is 0. The van der Waals surface area contributed by atoms with Crippen LogP contribution in [0.15, 0.2) is 11.8 Å². The predicted octanol–water partition coefficient (Wildman–Crippen LogP) is -2.22. The van der Waals surface area contributed by atoms with Crippen LogP contribution in [0.2, 0.25) is 0 Å². The summed E-state index contributed by atoms with van der Waals surface area (Å²) in [5, 5.41) is 45.8. The molecule has 1 fully saturated rings. The van der Waals surface area contributed by atoms with E-state index >= 15 is 0 Å². The van der Waals surface area contributed by atoms with E-state index in [4.69, 9.17) is 35.5 Å². The second kappa shape index (κ2) is 17.2. The van der Waals surface area contributed by atoms with Crippen LogP contribution in [0.25, 0.3) is 0 Å². The maximum atomic E-state index is 12.5. The van der Waals surface area contributed by atoms with Gasteiger partial charge in [0.15, 0.2) is 12.6 Å². The van der Waals surface area contributed by atoms with Crippen LogP contribution in [-0.2, 0) is 23.7 Å². The van der Waals surface area contributed by atoms with Crippen LogP contribution in [0.1, 0.15) is 45.4 Å². The monoisotopic (exact) mass is 534 g/mol. The summed E-state index contributed by atoms with van der Waals surface area (Å²) < 4.78 is 23.6. The summed E-state index contributed by atoms with van der Waals surface area (Å²) in [5.74, 6) is 0.414. The van der Waals surface area contributed by atoms with Crippen LogP contribution in [0.3, 0.4) is 0 Å². The normalized spacial score (nSPS) is 29.8. The first kappa shape index (κ1) is 31.8. The number of ether oxygens (including phenoxy) is 4. The number of aliphatic hydroxyl groups excluding tert-OH is 4. The zero-order chi connectivity index (χ0) is 27.2. The zero-order valence-electron chi connectivity index (χ0n) is 21.7. The molecule has 0 saturated heterocycles. The van der Waals surface area contributed by atoms with Crippen LogP contribution in [0, 0.1) is 0 Å². The van der Waals surface area contributed by atoms with Gasteiger partial charge in [0, 0.05) is 25.4 Å². The van der Waals surface area contributed by atoms with Gasteiger partial charge in [-0.15, -0.1) is 0 Å². The minimum absolute atomic E-state index is 0.0113. The molecule has 1 amide bonds. The van der Waals surface area contributed by atoms with E-state index in [0.717, 1.165) is 0 Å². The van der Waals surface area contributed by atoms with Gasteiger partial charge in [0.2, 0.25) is 5.91 Å². The molecule has 216 valence electrons. The summed E-state index contributed by atoms with van der Waals surface area (Å²) in [6, 6.07) is -1.32. The minimum atomic E-state index is -1.28. The van der Waals surface area contributed by atoms with Crippen molar-refractivity contribution >= 4 is 5.91 Å². The van der Waals surface area contributed by atoms with Gasteiger partial charge in [-0.05, 0) is 38.3 Å². The number of nitrogens with two attached hydrogens (primary N) is 2. The Hall–Kier alpha value is -1.39. The van der Waals surface area contributed by atoms with Crippen molar-refractivity contribution < 1.29 is 44.2 Å². The van der Waals surface area contributed by atoms with Gasteiger partial charge < -0.3 is 61.5 Å². The molecule has 0 aromatic carbocycles. The summed E-state index contributed by atoms with van der Waals surface area (Å²) in [6.07, 6.45) is -1.53. The second-order valence-corrected chi connectivity index (χ2v) is 9.29. The van der Waals surface area contributed by atoms with Crippen molar-refractivity contribution in [3.63, 3.8) is 0 Å². The Morgan fingerprint density at radius 2 is 2.08 bits per heavy atom. The largest absolute Gasteiger partial charge is 0.468 e. The van der Waals surface area contributed by atoms with Gasteiger partial charge in [0.1, 0.15) is 30.2 Å². The lowest BCUT2D eigenvalue weighted by atomic mass is 9.83. The molecule has 0 spiro atoms. The van der Waals surface area contributed by atoms with E-state index in [1.54, 1.807) is 6.92 Å². The fourth-order valence-corrected chi connectivity index (χ4v) is 4.37. The van der Waals surface area contributed by atoms with Crippen molar-refractivity contribution in [2.75, 3.05) is 39.5 Å². The molecule has 0 aromatic rings. The van der Waals surface area contributed by atoms with E-state index in [-0.39, 0.29) is 38.6 Å². The summed E-state index contributed by atoms with van der Waals surface area (Å²) in [6.45, 7) is 2.63. The summed E-state index contributed by atoms with van der Waals surface area (Å²) in [4.78, 5) is 12.5. The van der Waals surface area contributed by atoms with Crippen LogP contribution in [-0.4, -0.2) is 115 Å². The fraction of sp³-hybridized carbons (Fsp3) is 0.875. The Bertz CT molecular complexity index is 687. The van der Waals surface area contributed by atoms with Crippen molar-refractivity contribution in [3.05, 3.63) is 11.8 Å². The molecular weight excluding hydrogens is 488 g/mol. The Kier molecular flexibility index (Phi) is 14.8. The molecule has 0 radical (unpaired) electrons. The van der Waals surface area contributed by atoms with Crippen LogP contribution in [0.4, 0.5) is 0 Å². The number of carbonyl (C=O) groups is 1. The SMILES string of the molecule is CC[C@@H](O)[C@H](OCCO)O[C@@H]1[C@@H](O)[C@H](O[C@@H]2CCC=C(CNCCO)O2)[C@@H](N)C[C@H]1NC(=O)CCCN. The van der Waals surface area contributed by atoms with Gasteiger partial charge >= 0.3 is 0 Å². The Balaban J connectivity index is 2.15. The number of allylic oxidation sites excluding steroid dienone is 1. The fourth-order valence-electron chi connectivity index (χ4n) is 4.37. The molecule has 1 aliphatic carbocycles. The van der Waals surface area contributed by atoms with Gasteiger partial charge in [-0.2, -0.15) is 0 Å². The molecule has 37 heavy (non-hydrogen) atoms. The third-order valence-electron chi connectivity index (χ3n) is 6.32. The predicted molar refractivity (Wildman–Crippen MR) is 134 cm³/mol. The third-order valence-corrected chi connectivity index (χ3v) is 6.32. The molecule has 2 aliphatic rings. The first-order valence-electron chi connectivity index (χ1n) is 13.2. The van der Waals surface area contributed by atoms with Crippen LogP contribution < -0.4 is 22.1 Å². The highest BCUT2D eigenvalue weighted by atomic mass is 16.7. The zero-order valence-corrected chi connectivity index (χ0v) is 21.7. The van der Waals surface area contributed by atoms with E-state index in [0.29, 0.717) is 51.1 Å². The lowest BCUT2D eigenvalue weighted by Gasteiger charge is -2.45. The molecule has 0 bridgehead atoms. The highest BCUT2D eigenvalue weighted by molar-refractivity contribution is 5.76. The second-order valence-electron chi connectivity index (χ2n) is 9.29.